The van der Waals surface area contributed by atoms with Crippen LogP contribution in [-0.2, 0) is 5.75 Å². The highest BCUT2D eigenvalue weighted by Crippen LogP contribution is 2.20. The average molecular weight is 509 g/mol. The van der Waals surface area contributed by atoms with Gasteiger partial charge in [-0.2, -0.15) is 0 Å². The highest BCUT2D eigenvalue weighted by Gasteiger charge is 2.14. The summed E-state index contributed by atoms with van der Waals surface area (Å²) in [6.45, 7) is 1.82. The first kappa shape index (κ1) is 19.8. The van der Waals surface area contributed by atoms with Crippen LogP contribution in [0.15, 0.2) is 59.8 Å². The van der Waals surface area contributed by atoms with Gasteiger partial charge in [0, 0.05) is 9.32 Å². The van der Waals surface area contributed by atoms with Gasteiger partial charge in [-0.15, -0.1) is 10.2 Å². The van der Waals surface area contributed by atoms with E-state index in [1.54, 1.807) is 10.7 Å². The zero-order valence-electron chi connectivity index (χ0n) is 14.3. The number of aromatic nitrogens is 3. The second-order valence-electron chi connectivity index (χ2n) is 5.51. The molecule has 1 amide bonds. The third kappa shape index (κ3) is 5.27. The smallest absolute Gasteiger partial charge is 0.258 e. The fourth-order valence-corrected chi connectivity index (χ4v) is 3.94. The predicted octanol–water partition coefficient (Wildman–Crippen LogP) is 3.74. The normalized spacial score (nSPS) is 10.4. The molecule has 0 fully saturated rings. The van der Waals surface area contributed by atoms with Gasteiger partial charge in [0.1, 0.15) is 5.82 Å². The number of nitrogens with one attached hydrogen (secondary N) is 2. The first-order valence-corrected chi connectivity index (χ1v) is 10.5. The Labute approximate surface area is 180 Å². The minimum Gasteiger partial charge on any atom is -0.298 e. The van der Waals surface area contributed by atoms with Crippen LogP contribution in [0.1, 0.15) is 21.7 Å². The minimum absolute atomic E-state index is 0.184. The van der Waals surface area contributed by atoms with Crippen LogP contribution in [0.5, 0.6) is 0 Å². The Hall–Kier alpha value is -1.98. The van der Waals surface area contributed by atoms with Crippen molar-refractivity contribution < 1.29 is 4.79 Å². The van der Waals surface area contributed by atoms with E-state index in [0.29, 0.717) is 16.5 Å². The molecule has 0 bridgehead atoms. The summed E-state index contributed by atoms with van der Waals surface area (Å²) in [5.41, 5.74) is 4.74. The molecular weight excluding hydrogens is 493 g/mol. The summed E-state index contributed by atoms with van der Waals surface area (Å²) in [4.78, 5) is 12.4. The summed E-state index contributed by atoms with van der Waals surface area (Å²) in [7, 11) is 0. The first-order valence-electron chi connectivity index (χ1n) is 8.00. The van der Waals surface area contributed by atoms with Crippen LogP contribution >= 0.6 is 46.6 Å². The summed E-state index contributed by atoms with van der Waals surface area (Å²) in [6.07, 6.45) is 0. The second-order valence-corrected chi connectivity index (χ2v) is 8.03. The Morgan fingerprint density at radius 2 is 1.85 bits per heavy atom. The van der Waals surface area contributed by atoms with Crippen molar-refractivity contribution >= 4 is 57.6 Å². The first-order chi connectivity index (χ1) is 13.0. The van der Waals surface area contributed by atoms with Crippen LogP contribution in [0.3, 0.4) is 0 Å². The highest BCUT2D eigenvalue weighted by atomic mass is 127. The van der Waals surface area contributed by atoms with Crippen molar-refractivity contribution in [3.63, 3.8) is 0 Å². The summed E-state index contributed by atoms with van der Waals surface area (Å²) in [5.74, 6) is 1.14. The van der Waals surface area contributed by atoms with E-state index in [2.05, 4.69) is 55.7 Å². The number of hydrogen-bond donors (Lipinski definition) is 2. The molecule has 0 aliphatic heterocycles. The molecule has 2 aromatic carbocycles. The van der Waals surface area contributed by atoms with E-state index in [4.69, 9.17) is 12.2 Å². The van der Waals surface area contributed by atoms with E-state index in [0.717, 1.165) is 9.32 Å². The molecule has 0 aliphatic carbocycles. The van der Waals surface area contributed by atoms with Gasteiger partial charge in [-0.3, -0.25) is 15.5 Å². The summed E-state index contributed by atoms with van der Waals surface area (Å²) in [5, 5.41) is 11.8. The van der Waals surface area contributed by atoms with Crippen molar-refractivity contribution in [1.29, 1.82) is 0 Å². The number of amides is 1. The quantitative estimate of drug-likeness (QED) is 0.310. The van der Waals surface area contributed by atoms with Gasteiger partial charge in [-0.05, 0) is 59.4 Å². The lowest BCUT2D eigenvalue weighted by atomic mass is 10.2. The summed E-state index contributed by atoms with van der Waals surface area (Å²) >= 11 is 8.94. The molecule has 0 aliphatic rings. The lowest BCUT2D eigenvalue weighted by Gasteiger charge is -2.13. The molecule has 0 spiro atoms. The number of benzene rings is 2. The minimum atomic E-state index is -0.262. The lowest BCUT2D eigenvalue weighted by Crippen LogP contribution is -2.38. The maximum atomic E-state index is 12.4. The van der Waals surface area contributed by atoms with Crippen LogP contribution < -0.4 is 10.7 Å². The number of thioether (sulfide) groups is 1. The third-order valence-corrected chi connectivity index (χ3v) is 5.70. The maximum absolute atomic E-state index is 12.4. The number of carbonyl (C=O) groups is 1. The van der Waals surface area contributed by atoms with Crippen LogP contribution in [-0.4, -0.2) is 25.9 Å². The molecule has 3 rings (SSSR count). The van der Waals surface area contributed by atoms with Crippen molar-refractivity contribution in [3.05, 3.63) is 75.1 Å². The van der Waals surface area contributed by atoms with Crippen molar-refractivity contribution in [2.75, 3.05) is 5.43 Å². The van der Waals surface area contributed by atoms with Crippen molar-refractivity contribution in [2.45, 2.75) is 17.8 Å². The average Bonchev–Trinajstić information content (AvgIpc) is 3.01. The van der Waals surface area contributed by atoms with Gasteiger partial charge in [0.2, 0.25) is 5.16 Å². The van der Waals surface area contributed by atoms with E-state index in [9.17, 15) is 4.79 Å². The number of nitrogens with zero attached hydrogens (tertiary/aromatic N) is 3. The van der Waals surface area contributed by atoms with Crippen LogP contribution in [0.25, 0.3) is 0 Å². The number of aryl methyl sites for hydroxylation is 1. The molecular formula is C18H16IN5OS2. The van der Waals surface area contributed by atoms with E-state index in [1.165, 1.54) is 17.3 Å². The molecule has 1 heterocycles. The van der Waals surface area contributed by atoms with Crippen molar-refractivity contribution in [1.82, 2.24) is 20.2 Å². The Morgan fingerprint density at radius 3 is 2.59 bits per heavy atom. The van der Waals surface area contributed by atoms with Crippen LogP contribution in [0.2, 0.25) is 0 Å². The molecule has 138 valence electrons. The fraction of sp³-hybridized carbons (Fsp3) is 0.111. The molecule has 1 aromatic heterocycles. The zero-order valence-corrected chi connectivity index (χ0v) is 18.1. The number of thiocarbonyl (C=S) groups is 1. The molecule has 3 aromatic rings. The lowest BCUT2D eigenvalue weighted by molar-refractivity contribution is 0.0976. The Morgan fingerprint density at radius 1 is 1.15 bits per heavy atom. The van der Waals surface area contributed by atoms with E-state index >= 15 is 0 Å². The number of rotatable bonds is 5. The Bertz CT molecular complexity index is 961. The van der Waals surface area contributed by atoms with E-state index < -0.39 is 0 Å². The zero-order chi connectivity index (χ0) is 19.2. The van der Waals surface area contributed by atoms with Gasteiger partial charge in [-0.25, -0.2) is 4.68 Å². The third-order valence-electron chi connectivity index (χ3n) is 3.56. The summed E-state index contributed by atoms with van der Waals surface area (Å²) < 4.78 is 2.53. The summed E-state index contributed by atoms with van der Waals surface area (Å²) in [6, 6.07) is 17.4. The second kappa shape index (κ2) is 9.29. The van der Waals surface area contributed by atoms with Crippen molar-refractivity contribution in [3.8, 4) is 0 Å². The number of carbonyl (C=O) groups excluding carboxylic acids is 1. The topological polar surface area (TPSA) is 71.8 Å². The monoisotopic (exact) mass is 509 g/mol. The predicted molar refractivity (Wildman–Crippen MR) is 119 cm³/mol. The van der Waals surface area contributed by atoms with Gasteiger partial charge in [0.25, 0.3) is 5.91 Å². The maximum Gasteiger partial charge on any atom is 0.258 e. The van der Waals surface area contributed by atoms with Gasteiger partial charge in [0.15, 0.2) is 5.11 Å². The highest BCUT2D eigenvalue weighted by molar-refractivity contribution is 14.1. The number of halogens is 1. The Balaban J connectivity index is 1.65. The Kier molecular flexibility index (Phi) is 6.80. The molecule has 0 atom stereocenters. The fourth-order valence-electron chi connectivity index (χ4n) is 2.23. The molecule has 0 saturated carbocycles. The number of hydrogen-bond acceptors (Lipinski definition) is 5. The molecule has 0 unspecified atom stereocenters. The van der Waals surface area contributed by atoms with Gasteiger partial charge >= 0.3 is 0 Å². The largest absolute Gasteiger partial charge is 0.298 e. The van der Waals surface area contributed by atoms with E-state index in [1.807, 2.05) is 43.3 Å². The van der Waals surface area contributed by atoms with E-state index in [-0.39, 0.29) is 11.0 Å². The molecule has 9 heteroatoms. The standard InChI is InChI=1S/C18H16IN5OS2/c1-12-21-22-18(27-11-13-7-3-2-4-8-13)24(12)23-17(26)20-16(25)14-9-5-6-10-15(14)19/h2-10H,11H2,1H3,(H2,20,23,25,26). The van der Waals surface area contributed by atoms with Crippen molar-refractivity contribution in [2.24, 2.45) is 0 Å². The van der Waals surface area contributed by atoms with Gasteiger partial charge in [0.05, 0.1) is 5.56 Å². The van der Waals surface area contributed by atoms with Crippen LogP contribution in [0.4, 0.5) is 0 Å². The molecule has 27 heavy (non-hydrogen) atoms. The molecule has 6 nitrogen and oxygen atoms in total. The molecule has 0 radical (unpaired) electrons. The SMILES string of the molecule is Cc1nnc(SCc2ccccc2)n1NC(=S)NC(=O)c1ccccc1I. The molecule has 0 saturated heterocycles. The van der Waals surface area contributed by atoms with Gasteiger partial charge < -0.3 is 0 Å². The molecule has 2 N–H and O–H groups in total. The van der Waals surface area contributed by atoms with Crippen LogP contribution in [0, 0.1) is 10.5 Å². The van der Waals surface area contributed by atoms with Gasteiger partial charge in [-0.1, -0.05) is 54.2 Å².